The molecule has 2 N–H and O–H groups in total. The molecule has 0 aliphatic rings. The molecule has 1 aromatic rings. The molecule has 1 aromatic heterocycles. The van der Waals surface area contributed by atoms with Crippen molar-refractivity contribution in [1.29, 1.82) is 0 Å². The van der Waals surface area contributed by atoms with Crippen molar-refractivity contribution in [3.8, 4) is 0 Å². The number of carbonyl (C=O) groups excluding carboxylic acids is 1. The number of nitrogens with zero attached hydrogens (tertiary/aromatic N) is 2. The van der Waals surface area contributed by atoms with Crippen molar-refractivity contribution in [2.75, 3.05) is 6.54 Å². The molecule has 0 saturated carbocycles. The maximum absolute atomic E-state index is 11.4. The standard InChI is InChI=1S/C11H20N4O/c1-4-9(2)12-8-11(16)13-7-10-5-6-15(3)14-10/h5-6,9,12H,4,7-8H2,1-3H3,(H,13,16). The van der Waals surface area contributed by atoms with E-state index in [1.165, 1.54) is 0 Å². The number of aromatic nitrogens is 2. The number of aryl methyl sites for hydroxylation is 1. The van der Waals surface area contributed by atoms with Crippen LogP contribution in [0.5, 0.6) is 0 Å². The molecule has 1 heterocycles. The summed E-state index contributed by atoms with van der Waals surface area (Å²) in [7, 11) is 1.86. The summed E-state index contributed by atoms with van der Waals surface area (Å²) >= 11 is 0. The van der Waals surface area contributed by atoms with Crippen LogP contribution in [0.2, 0.25) is 0 Å². The van der Waals surface area contributed by atoms with E-state index in [1.54, 1.807) is 4.68 Å². The predicted octanol–water partition coefficient (Wildman–Crippen LogP) is 0.424. The van der Waals surface area contributed by atoms with Gasteiger partial charge in [-0.1, -0.05) is 6.92 Å². The van der Waals surface area contributed by atoms with E-state index in [0.717, 1.165) is 12.1 Å². The van der Waals surface area contributed by atoms with Gasteiger partial charge in [0.1, 0.15) is 0 Å². The van der Waals surface area contributed by atoms with Crippen LogP contribution >= 0.6 is 0 Å². The zero-order valence-corrected chi connectivity index (χ0v) is 10.2. The molecule has 0 spiro atoms. The van der Waals surface area contributed by atoms with Gasteiger partial charge in [0.2, 0.25) is 5.91 Å². The third kappa shape index (κ3) is 4.44. The van der Waals surface area contributed by atoms with Crippen LogP contribution in [0.4, 0.5) is 0 Å². The molecular formula is C11H20N4O. The fraction of sp³-hybridized carbons (Fsp3) is 0.636. The summed E-state index contributed by atoms with van der Waals surface area (Å²) in [4.78, 5) is 11.4. The van der Waals surface area contributed by atoms with E-state index in [-0.39, 0.29) is 5.91 Å². The minimum atomic E-state index is 0.00551. The number of hydrogen-bond donors (Lipinski definition) is 2. The Kier molecular flexibility index (Phi) is 4.98. The van der Waals surface area contributed by atoms with Gasteiger partial charge in [0, 0.05) is 19.3 Å². The average Bonchev–Trinajstić information content (AvgIpc) is 2.69. The maximum atomic E-state index is 11.4. The summed E-state index contributed by atoms with van der Waals surface area (Å²) in [5.41, 5.74) is 0.874. The van der Waals surface area contributed by atoms with Gasteiger partial charge in [0.25, 0.3) is 0 Å². The molecule has 1 rings (SSSR count). The average molecular weight is 224 g/mol. The second-order valence-corrected chi connectivity index (χ2v) is 3.95. The van der Waals surface area contributed by atoms with Gasteiger partial charge in [-0.2, -0.15) is 5.10 Å². The van der Waals surface area contributed by atoms with Crippen molar-refractivity contribution in [1.82, 2.24) is 20.4 Å². The molecule has 0 aliphatic carbocycles. The highest BCUT2D eigenvalue weighted by atomic mass is 16.1. The lowest BCUT2D eigenvalue weighted by molar-refractivity contribution is -0.120. The molecule has 1 unspecified atom stereocenters. The minimum Gasteiger partial charge on any atom is -0.349 e. The van der Waals surface area contributed by atoms with Crippen LogP contribution in [0.25, 0.3) is 0 Å². The van der Waals surface area contributed by atoms with E-state index >= 15 is 0 Å². The first-order valence-corrected chi connectivity index (χ1v) is 5.60. The lowest BCUT2D eigenvalue weighted by Crippen LogP contribution is -2.37. The first kappa shape index (κ1) is 12.7. The molecule has 0 saturated heterocycles. The fourth-order valence-corrected chi connectivity index (χ4v) is 1.22. The Bertz CT molecular complexity index is 334. The molecule has 1 amide bonds. The smallest absolute Gasteiger partial charge is 0.234 e. The Morgan fingerprint density at radius 2 is 2.38 bits per heavy atom. The Morgan fingerprint density at radius 1 is 1.62 bits per heavy atom. The molecule has 0 radical (unpaired) electrons. The van der Waals surface area contributed by atoms with Gasteiger partial charge in [0.05, 0.1) is 18.8 Å². The Labute approximate surface area is 96.2 Å². The van der Waals surface area contributed by atoms with Crippen molar-refractivity contribution < 1.29 is 4.79 Å². The van der Waals surface area contributed by atoms with Gasteiger partial charge in [-0.25, -0.2) is 0 Å². The van der Waals surface area contributed by atoms with Crippen LogP contribution in [0.1, 0.15) is 26.0 Å². The van der Waals surface area contributed by atoms with Gasteiger partial charge in [0.15, 0.2) is 0 Å². The van der Waals surface area contributed by atoms with Crippen LogP contribution in [0.15, 0.2) is 12.3 Å². The molecular weight excluding hydrogens is 204 g/mol. The topological polar surface area (TPSA) is 59.0 Å². The summed E-state index contributed by atoms with van der Waals surface area (Å²) in [6.45, 7) is 5.00. The second kappa shape index (κ2) is 6.27. The van der Waals surface area contributed by atoms with Crippen LogP contribution in [0.3, 0.4) is 0 Å². The van der Waals surface area contributed by atoms with E-state index in [1.807, 2.05) is 19.3 Å². The zero-order chi connectivity index (χ0) is 12.0. The zero-order valence-electron chi connectivity index (χ0n) is 10.2. The van der Waals surface area contributed by atoms with Crippen LogP contribution < -0.4 is 10.6 Å². The van der Waals surface area contributed by atoms with Gasteiger partial charge >= 0.3 is 0 Å². The van der Waals surface area contributed by atoms with Crippen molar-refractivity contribution in [3.05, 3.63) is 18.0 Å². The monoisotopic (exact) mass is 224 g/mol. The molecule has 0 bridgehead atoms. The van der Waals surface area contributed by atoms with Crippen LogP contribution in [0, 0.1) is 0 Å². The summed E-state index contributed by atoms with van der Waals surface area (Å²) < 4.78 is 1.72. The number of amides is 1. The third-order valence-electron chi connectivity index (χ3n) is 2.46. The molecule has 0 fully saturated rings. The molecule has 1 atom stereocenters. The minimum absolute atomic E-state index is 0.00551. The van der Waals surface area contributed by atoms with E-state index in [0.29, 0.717) is 19.1 Å². The fourth-order valence-electron chi connectivity index (χ4n) is 1.22. The van der Waals surface area contributed by atoms with Crippen molar-refractivity contribution in [2.24, 2.45) is 7.05 Å². The Morgan fingerprint density at radius 3 is 2.94 bits per heavy atom. The molecule has 16 heavy (non-hydrogen) atoms. The highest BCUT2D eigenvalue weighted by Crippen LogP contribution is 1.92. The molecule has 0 aliphatic heterocycles. The SMILES string of the molecule is CCC(C)NCC(=O)NCc1ccn(C)n1. The first-order valence-electron chi connectivity index (χ1n) is 5.60. The summed E-state index contributed by atoms with van der Waals surface area (Å²) in [5.74, 6) is 0.00551. The number of rotatable bonds is 6. The normalized spacial score (nSPS) is 12.4. The number of hydrogen-bond acceptors (Lipinski definition) is 3. The highest BCUT2D eigenvalue weighted by molar-refractivity contribution is 5.77. The maximum Gasteiger partial charge on any atom is 0.234 e. The lowest BCUT2D eigenvalue weighted by atomic mass is 10.2. The highest BCUT2D eigenvalue weighted by Gasteiger charge is 2.04. The van der Waals surface area contributed by atoms with Crippen molar-refractivity contribution >= 4 is 5.91 Å². The largest absolute Gasteiger partial charge is 0.349 e. The first-order chi connectivity index (χ1) is 7.61. The van der Waals surface area contributed by atoms with Crippen molar-refractivity contribution in [2.45, 2.75) is 32.9 Å². The van der Waals surface area contributed by atoms with Gasteiger partial charge in [-0.3, -0.25) is 9.48 Å². The molecule has 90 valence electrons. The van der Waals surface area contributed by atoms with Crippen LogP contribution in [-0.2, 0) is 18.4 Å². The summed E-state index contributed by atoms with van der Waals surface area (Å²) in [5, 5.41) is 10.1. The lowest BCUT2D eigenvalue weighted by Gasteiger charge is -2.10. The van der Waals surface area contributed by atoms with E-state index in [4.69, 9.17) is 0 Å². The molecule has 5 heteroatoms. The molecule has 5 nitrogen and oxygen atoms in total. The quantitative estimate of drug-likeness (QED) is 0.736. The number of nitrogens with one attached hydrogen (secondary N) is 2. The van der Waals surface area contributed by atoms with Gasteiger partial charge in [-0.15, -0.1) is 0 Å². The van der Waals surface area contributed by atoms with Gasteiger partial charge in [-0.05, 0) is 19.4 Å². The third-order valence-corrected chi connectivity index (χ3v) is 2.46. The summed E-state index contributed by atoms with van der Waals surface area (Å²) in [6.07, 6.45) is 2.88. The summed E-state index contributed by atoms with van der Waals surface area (Å²) in [6, 6.07) is 2.27. The second-order valence-electron chi connectivity index (χ2n) is 3.95. The van der Waals surface area contributed by atoms with Crippen molar-refractivity contribution in [3.63, 3.8) is 0 Å². The van der Waals surface area contributed by atoms with Gasteiger partial charge < -0.3 is 10.6 Å². The van der Waals surface area contributed by atoms with E-state index in [9.17, 15) is 4.79 Å². The Hall–Kier alpha value is -1.36. The van der Waals surface area contributed by atoms with E-state index < -0.39 is 0 Å². The van der Waals surface area contributed by atoms with E-state index in [2.05, 4.69) is 29.6 Å². The predicted molar refractivity (Wildman–Crippen MR) is 62.8 cm³/mol. The Balaban J connectivity index is 2.20. The number of carbonyl (C=O) groups is 1. The van der Waals surface area contributed by atoms with Crippen LogP contribution in [-0.4, -0.2) is 28.3 Å². The molecule has 0 aromatic carbocycles.